The van der Waals surface area contributed by atoms with Gasteiger partial charge in [-0.1, -0.05) is 97.2 Å². The van der Waals surface area contributed by atoms with Crippen molar-refractivity contribution in [2.75, 3.05) is 22.1 Å². The number of hydrogen-bond acceptors (Lipinski definition) is 10. The van der Waals surface area contributed by atoms with Crippen molar-refractivity contribution in [2.24, 2.45) is 11.7 Å². The van der Waals surface area contributed by atoms with Gasteiger partial charge in [-0.05, 0) is 29.1 Å². The van der Waals surface area contributed by atoms with Crippen molar-refractivity contribution < 1.29 is 9.59 Å². The van der Waals surface area contributed by atoms with E-state index in [0.29, 0.717) is 16.7 Å². The molecular weight excluding hydrogens is 563 g/mol. The first-order valence-electron chi connectivity index (χ1n) is 13.1. The van der Waals surface area contributed by atoms with E-state index in [1.807, 2.05) is 74.5 Å². The topological polar surface area (TPSA) is 136 Å². The third-order valence-corrected chi connectivity index (χ3v) is 9.10. The van der Waals surface area contributed by atoms with Crippen LogP contribution in [0.15, 0.2) is 60.7 Å². The summed E-state index contributed by atoms with van der Waals surface area (Å²) in [5, 5.41) is 25.1. The molecule has 2 amide bonds. The molecule has 40 heavy (non-hydrogen) atoms. The molecule has 12 heteroatoms. The Morgan fingerprint density at radius 3 is 1.90 bits per heavy atom. The normalized spacial score (nSPS) is 13.4. The van der Waals surface area contributed by atoms with E-state index in [0.717, 1.165) is 45.5 Å². The Bertz CT molecular complexity index is 1360. The van der Waals surface area contributed by atoms with Crippen LogP contribution in [-0.2, 0) is 28.9 Å². The van der Waals surface area contributed by atoms with Crippen molar-refractivity contribution in [2.45, 2.75) is 45.1 Å². The molecule has 0 bridgehead atoms. The van der Waals surface area contributed by atoms with Gasteiger partial charge in [0, 0.05) is 24.7 Å². The second-order valence-electron chi connectivity index (χ2n) is 9.41. The summed E-state index contributed by atoms with van der Waals surface area (Å²) in [4.78, 5) is 25.1. The summed E-state index contributed by atoms with van der Waals surface area (Å²) in [5.41, 5.74) is 8.34. The quantitative estimate of drug-likeness (QED) is 0.177. The zero-order valence-corrected chi connectivity index (χ0v) is 24.9. The molecule has 2 heterocycles. The highest BCUT2D eigenvalue weighted by Crippen LogP contribution is 2.22. The molecule has 0 saturated heterocycles. The van der Waals surface area contributed by atoms with E-state index in [4.69, 9.17) is 5.73 Å². The highest BCUT2D eigenvalue weighted by molar-refractivity contribution is 7.99. The standard InChI is InChI=1S/C28H33N7O2S3/c1-18(17-20-9-5-3-6-10-20)25(36)30-27-34-32-22(39-27)13-15-38-16-14-23-33-35-28(40-23)31-26(37)24(29)19(2)21-11-7-4-8-12-21/h3-12,18-19,24H,13-17,29H2,1-2H3,(H,30,34,36)(H,31,35,37). The Hall–Kier alpha value is -3.19. The van der Waals surface area contributed by atoms with Crippen LogP contribution in [0.1, 0.15) is 40.9 Å². The van der Waals surface area contributed by atoms with Gasteiger partial charge in [0.25, 0.3) is 0 Å². The molecule has 2 aromatic heterocycles. The van der Waals surface area contributed by atoms with Gasteiger partial charge in [0.15, 0.2) is 0 Å². The van der Waals surface area contributed by atoms with Gasteiger partial charge in [-0.15, -0.1) is 20.4 Å². The van der Waals surface area contributed by atoms with Gasteiger partial charge in [-0.3, -0.25) is 14.9 Å². The van der Waals surface area contributed by atoms with Crippen LogP contribution in [0, 0.1) is 5.92 Å². The fourth-order valence-electron chi connectivity index (χ4n) is 3.90. The number of rotatable bonds is 14. The Morgan fingerprint density at radius 1 is 0.800 bits per heavy atom. The van der Waals surface area contributed by atoms with Crippen LogP contribution in [0.2, 0.25) is 0 Å². The van der Waals surface area contributed by atoms with Crippen LogP contribution in [-0.4, -0.2) is 49.8 Å². The monoisotopic (exact) mass is 595 g/mol. The van der Waals surface area contributed by atoms with Gasteiger partial charge in [-0.25, -0.2) is 0 Å². The first-order chi connectivity index (χ1) is 19.4. The number of hydrogen-bond donors (Lipinski definition) is 3. The van der Waals surface area contributed by atoms with Gasteiger partial charge in [0.2, 0.25) is 22.1 Å². The van der Waals surface area contributed by atoms with Gasteiger partial charge in [-0.2, -0.15) is 11.8 Å². The summed E-state index contributed by atoms with van der Waals surface area (Å²) < 4.78 is 0. The summed E-state index contributed by atoms with van der Waals surface area (Å²) in [5.74, 6) is 1.14. The van der Waals surface area contributed by atoms with Crippen LogP contribution in [0.4, 0.5) is 10.3 Å². The molecule has 4 rings (SSSR count). The van der Waals surface area contributed by atoms with Crippen molar-refractivity contribution in [1.29, 1.82) is 0 Å². The first kappa shape index (κ1) is 29.8. The highest BCUT2D eigenvalue weighted by Gasteiger charge is 2.23. The molecule has 0 spiro atoms. The van der Waals surface area contributed by atoms with Crippen molar-refractivity contribution >= 4 is 56.5 Å². The zero-order valence-electron chi connectivity index (χ0n) is 22.4. The number of nitrogens with zero attached hydrogens (tertiary/aromatic N) is 4. The fourth-order valence-corrected chi connectivity index (χ4v) is 6.52. The van der Waals surface area contributed by atoms with Crippen LogP contribution in [0.5, 0.6) is 0 Å². The lowest BCUT2D eigenvalue weighted by Gasteiger charge is -2.18. The maximum Gasteiger partial charge on any atom is 0.243 e. The lowest BCUT2D eigenvalue weighted by molar-refractivity contribution is -0.119. The summed E-state index contributed by atoms with van der Waals surface area (Å²) in [6.07, 6.45) is 2.20. The average Bonchev–Trinajstić information content (AvgIpc) is 3.62. The highest BCUT2D eigenvalue weighted by atomic mass is 32.2. The smallest absolute Gasteiger partial charge is 0.243 e. The zero-order chi connectivity index (χ0) is 28.3. The summed E-state index contributed by atoms with van der Waals surface area (Å²) in [7, 11) is 0. The molecular formula is C28H33N7O2S3. The molecule has 0 aliphatic heterocycles. The molecule has 0 aliphatic carbocycles. The second kappa shape index (κ2) is 15.0. The SMILES string of the molecule is CC(Cc1ccccc1)C(=O)Nc1nnc(CCSCCc2nnc(NC(=O)C(N)C(C)c3ccccc3)s2)s1. The number of nitrogens with one attached hydrogen (secondary N) is 2. The number of amides is 2. The Morgan fingerprint density at radius 2 is 1.32 bits per heavy atom. The molecule has 3 atom stereocenters. The maximum absolute atomic E-state index is 12.6. The minimum atomic E-state index is -0.683. The van der Waals surface area contributed by atoms with Gasteiger partial charge >= 0.3 is 0 Å². The second-order valence-corrected chi connectivity index (χ2v) is 12.8. The van der Waals surface area contributed by atoms with E-state index in [-0.39, 0.29) is 23.7 Å². The number of aryl methyl sites for hydroxylation is 2. The molecule has 210 valence electrons. The van der Waals surface area contributed by atoms with E-state index in [1.54, 1.807) is 11.8 Å². The Labute approximate surface area is 246 Å². The number of aromatic nitrogens is 4. The van der Waals surface area contributed by atoms with E-state index < -0.39 is 6.04 Å². The Kier molecular flexibility index (Phi) is 11.2. The van der Waals surface area contributed by atoms with Crippen LogP contribution < -0.4 is 16.4 Å². The summed E-state index contributed by atoms with van der Waals surface area (Å²) in [6.45, 7) is 3.85. The number of benzene rings is 2. The lowest BCUT2D eigenvalue weighted by atomic mass is 9.93. The van der Waals surface area contributed by atoms with E-state index >= 15 is 0 Å². The van der Waals surface area contributed by atoms with Crippen molar-refractivity contribution in [3.05, 3.63) is 81.8 Å². The average molecular weight is 596 g/mol. The molecule has 9 nitrogen and oxygen atoms in total. The molecule has 0 radical (unpaired) electrons. The lowest BCUT2D eigenvalue weighted by Crippen LogP contribution is -2.39. The van der Waals surface area contributed by atoms with Gasteiger partial charge in [0.05, 0.1) is 6.04 Å². The number of anilines is 2. The fraction of sp³-hybridized carbons (Fsp3) is 0.357. The third-order valence-electron chi connectivity index (χ3n) is 6.31. The summed E-state index contributed by atoms with van der Waals surface area (Å²) in [6, 6.07) is 19.0. The molecule has 2 aromatic carbocycles. The predicted molar refractivity (Wildman–Crippen MR) is 164 cm³/mol. The van der Waals surface area contributed by atoms with Crippen LogP contribution >= 0.6 is 34.4 Å². The third kappa shape index (κ3) is 8.91. The van der Waals surface area contributed by atoms with Gasteiger partial charge < -0.3 is 11.1 Å². The predicted octanol–water partition coefficient (Wildman–Crippen LogP) is 4.79. The molecule has 3 unspecified atom stereocenters. The minimum Gasteiger partial charge on any atom is -0.319 e. The van der Waals surface area contributed by atoms with Crippen molar-refractivity contribution in [1.82, 2.24) is 20.4 Å². The largest absolute Gasteiger partial charge is 0.319 e. The molecule has 0 fully saturated rings. The van der Waals surface area contributed by atoms with E-state index in [9.17, 15) is 9.59 Å². The summed E-state index contributed by atoms with van der Waals surface area (Å²) >= 11 is 4.57. The van der Waals surface area contributed by atoms with Crippen molar-refractivity contribution in [3.63, 3.8) is 0 Å². The van der Waals surface area contributed by atoms with Crippen molar-refractivity contribution in [3.8, 4) is 0 Å². The number of carbonyl (C=O) groups is 2. The maximum atomic E-state index is 12.6. The van der Waals surface area contributed by atoms with Crippen LogP contribution in [0.3, 0.4) is 0 Å². The molecule has 4 aromatic rings. The Balaban J connectivity index is 1.13. The van der Waals surface area contributed by atoms with E-state index in [1.165, 1.54) is 22.7 Å². The molecule has 0 aliphatic rings. The number of nitrogens with two attached hydrogens (primary N) is 1. The van der Waals surface area contributed by atoms with E-state index in [2.05, 4.69) is 31.0 Å². The van der Waals surface area contributed by atoms with Crippen LogP contribution in [0.25, 0.3) is 0 Å². The number of carbonyl (C=O) groups excluding carboxylic acids is 2. The number of thioether (sulfide) groups is 1. The minimum absolute atomic E-state index is 0.0544. The van der Waals surface area contributed by atoms with Gasteiger partial charge in [0.1, 0.15) is 10.0 Å². The molecule has 4 N–H and O–H groups in total. The first-order valence-corrected chi connectivity index (χ1v) is 15.9. The molecule has 0 saturated carbocycles.